The van der Waals surface area contributed by atoms with Gasteiger partial charge in [-0.15, -0.1) is 0 Å². The van der Waals surface area contributed by atoms with Crippen LogP contribution in [0, 0.1) is 6.92 Å². The van der Waals surface area contributed by atoms with Crippen LogP contribution in [0.5, 0.6) is 5.75 Å². The Balaban J connectivity index is 0.00000117. The van der Waals surface area contributed by atoms with Crippen LogP contribution in [0.4, 0.5) is 0 Å². The van der Waals surface area contributed by atoms with Crippen LogP contribution in [-0.4, -0.2) is 18.1 Å². The highest BCUT2D eigenvalue weighted by Crippen LogP contribution is 2.25. The molecule has 0 aliphatic heterocycles. The summed E-state index contributed by atoms with van der Waals surface area (Å²) in [5, 5.41) is 1.13. The van der Waals surface area contributed by atoms with E-state index in [1.54, 1.807) is 0 Å². The molecular formula is C22H27NO3. The molecule has 3 aromatic rings. The summed E-state index contributed by atoms with van der Waals surface area (Å²) in [5.41, 5.74) is 4.37. The van der Waals surface area contributed by atoms with Crippen molar-refractivity contribution in [3.63, 3.8) is 0 Å². The predicted octanol–water partition coefficient (Wildman–Crippen LogP) is 5.19. The topological polar surface area (TPSA) is 51.3 Å². The lowest BCUT2D eigenvalue weighted by atomic mass is 10.1. The molecule has 0 bridgehead atoms. The van der Waals surface area contributed by atoms with Crippen molar-refractivity contribution in [1.29, 1.82) is 0 Å². The van der Waals surface area contributed by atoms with E-state index in [4.69, 9.17) is 9.47 Å². The minimum atomic E-state index is -0.203. The van der Waals surface area contributed by atoms with Crippen LogP contribution >= 0.6 is 0 Å². The number of nitrogens with one attached hydrogen (secondary N) is 1. The molecule has 0 fully saturated rings. The van der Waals surface area contributed by atoms with Gasteiger partial charge in [-0.1, -0.05) is 49.7 Å². The van der Waals surface area contributed by atoms with Crippen molar-refractivity contribution in [1.82, 2.24) is 4.98 Å². The molecule has 4 heteroatoms. The standard InChI is InChI=1S/C20H21NO3.C2H6/c1-14-7-9-15(10-8-14)24-13-19-17(11-12-20(22)23-2)16-5-3-4-6-18(16)21-19;1-2/h3-10,21H,11-13H2,1-2H3;1-2H3. The molecule has 0 saturated heterocycles. The number of H-pyrrole nitrogens is 1. The van der Waals surface area contributed by atoms with Gasteiger partial charge in [-0.05, 0) is 37.1 Å². The number of fused-ring (bicyclic) bond motifs is 1. The third kappa shape index (κ3) is 4.88. The van der Waals surface area contributed by atoms with Gasteiger partial charge in [0, 0.05) is 17.3 Å². The number of carbonyl (C=O) groups excluding carboxylic acids is 1. The van der Waals surface area contributed by atoms with Crippen LogP contribution in [-0.2, 0) is 22.6 Å². The smallest absolute Gasteiger partial charge is 0.305 e. The number of esters is 1. The molecule has 0 atom stereocenters. The Morgan fingerprint density at radius 1 is 1.04 bits per heavy atom. The number of aromatic amines is 1. The number of para-hydroxylation sites is 1. The van der Waals surface area contributed by atoms with Crippen LogP contribution in [0.3, 0.4) is 0 Å². The first-order valence-electron chi connectivity index (χ1n) is 9.02. The van der Waals surface area contributed by atoms with Gasteiger partial charge in [-0.2, -0.15) is 0 Å². The Kier molecular flexibility index (Phi) is 7.27. The van der Waals surface area contributed by atoms with Gasteiger partial charge >= 0.3 is 5.97 Å². The summed E-state index contributed by atoms with van der Waals surface area (Å²) in [7, 11) is 1.42. The number of hydrogen-bond donors (Lipinski definition) is 1. The predicted molar refractivity (Wildman–Crippen MR) is 105 cm³/mol. The van der Waals surface area contributed by atoms with Gasteiger partial charge in [-0.25, -0.2) is 0 Å². The maximum absolute atomic E-state index is 11.5. The van der Waals surface area contributed by atoms with Crippen molar-refractivity contribution in [2.45, 2.75) is 40.2 Å². The van der Waals surface area contributed by atoms with Crippen LogP contribution in [0.1, 0.15) is 37.1 Å². The minimum absolute atomic E-state index is 0.203. The maximum atomic E-state index is 11.5. The highest BCUT2D eigenvalue weighted by Gasteiger charge is 2.13. The van der Waals surface area contributed by atoms with Gasteiger partial charge in [0.05, 0.1) is 12.8 Å². The zero-order valence-electron chi connectivity index (χ0n) is 16.0. The lowest BCUT2D eigenvalue weighted by molar-refractivity contribution is -0.140. The Hall–Kier alpha value is -2.75. The molecule has 1 aromatic heterocycles. The van der Waals surface area contributed by atoms with E-state index in [1.165, 1.54) is 12.7 Å². The number of hydrogen-bond acceptors (Lipinski definition) is 3. The lowest BCUT2D eigenvalue weighted by Gasteiger charge is -2.08. The summed E-state index contributed by atoms with van der Waals surface area (Å²) >= 11 is 0. The maximum Gasteiger partial charge on any atom is 0.305 e. The number of carbonyl (C=O) groups is 1. The lowest BCUT2D eigenvalue weighted by Crippen LogP contribution is -2.04. The quantitative estimate of drug-likeness (QED) is 0.621. The molecule has 0 aliphatic carbocycles. The van der Waals surface area contributed by atoms with Crippen molar-refractivity contribution in [3.05, 3.63) is 65.4 Å². The number of aryl methyl sites for hydroxylation is 2. The van der Waals surface area contributed by atoms with E-state index < -0.39 is 0 Å². The normalized spacial score (nSPS) is 10.2. The summed E-state index contributed by atoms with van der Waals surface area (Å²) < 4.78 is 10.7. The van der Waals surface area contributed by atoms with Gasteiger partial charge in [0.15, 0.2) is 0 Å². The van der Waals surface area contributed by atoms with Crippen LogP contribution in [0.25, 0.3) is 10.9 Å². The van der Waals surface area contributed by atoms with Gasteiger partial charge in [0.2, 0.25) is 0 Å². The van der Waals surface area contributed by atoms with E-state index in [-0.39, 0.29) is 5.97 Å². The number of aromatic nitrogens is 1. The zero-order valence-corrected chi connectivity index (χ0v) is 16.0. The van der Waals surface area contributed by atoms with E-state index in [0.717, 1.165) is 27.9 Å². The summed E-state index contributed by atoms with van der Waals surface area (Å²) in [6, 6.07) is 16.1. The van der Waals surface area contributed by atoms with E-state index in [2.05, 4.69) is 11.1 Å². The number of rotatable bonds is 6. The average molecular weight is 353 g/mol. The second-order valence-corrected chi connectivity index (χ2v) is 5.81. The minimum Gasteiger partial charge on any atom is -0.487 e. The number of methoxy groups -OCH3 is 1. The Bertz CT molecular complexity index is 834. The van der Waals surface area contributed by atoms with Crippen molar-refractivity contribution in [2.24, 2.45) is 0 Å². The molecule has 2 aromatic carbocycles. The van der Waals surface area contributed by atoms with Crippen LogP contribution in [0.15, 0.2) is 48.5 Å². The molecular weight excluding hydrogens is 326 g/mol. The molecule has 1 N–H and O–H groups in total. The van der Waals surface area contributed by atoms with E-state index in [9.17, 15) is 4.79 Å². The van der Waals surface area contributed by atoms with Crippen molar-refractivity contribution in [2.75, 3.05) is 7.11 Å². The van der Waals surface area contributed by atoms with Gasteiger partial charge < -0.3 is 14.5 Å². The highest BCUT2D eigenvalue weighted by molar-refractivity contribution is 5.85. The monoisotopic (exact) mass is 353 g/mol. The highest BCUT2D eigenvalue weighted by atomic mass is 16.5. The molecule has 3 rings (SSSR count). The third-order valence-corrected chi connectivity index (χ3v) is 4.11. The van der Waals surface area contributed by atoms with Crippen LogP contribution < -0.4 is 4.74 Å². The molecule has 0 spiro atoms. The Morgan fingerprint density at radius 2 is 1.73 bits per heavy atom. The first-order chi connectivity index (χ1) is 12.7. The van der Waals surface area contributed by atoms with Gasteiger partial charge in [0.1, 0.15) is 12.4 Å². The number of ether oxygens (including phenoxy) is 2. The molecule has 0 unspecified atom stereocenters. The third-order valence-electron chi connectivity index (χ3n) is 4.11. The molecule has 0 aliphatic rings. The molecule has 138 valence electrons. The van der Waals surface area contributed by atoms with Gasteiger partial charge in [0.25, 0.3) is 0 Å². The van der Waals surface area contributed by atoms with Crippen LogP contribution in [0.2, 0.25) is 0 Å². The molecule has 0 amide bonds. The molecule has 26 heavy (non-hydrogen) atoms. The van der Waals surface area contributed by atoms with E-state index in [0.29, 0.717) is 19.4 Å². The first kappa shape index (κ1) is 19.6. The van der Waals surface area contributed by atoms with E-state index in [1.807, 2.05) is 63.2 Å². The summed E-state index contributed by atoms with van der Waals surface area (Å²) in [5.74, 6) is 0.629. The fraction of sp³-hybridized carbons (Fsp3) is 0.318. The fourth-order valence-corrected chi connectivity index (χ4v) is 2.78. The van der Waals surface area contributed by atoms with Crippen molar-refractivity contribution in [3.8, 4) is 5.75 Å². The molecule has 0 saturated carbocycles. The Morgan fingerprint density at radius 3 is 2.42 bits per heavy atom. The summed E-state index contributed by atoms with van der Waals surface area (Å²) in [6.45, 7) is 6.49. The second kappa shape index (κ2) is 9.66. The summed E-state index contributed by atoms with van der Waals surface area (Å²) in [6.07, 6.45) is 0.985. The zero-order chi connectivity index (χ0) is 18.9. The molecule has 0 radical (unpaired) electrons. The average Bonchev–Trinajstić information content (AvgIpc) is 3.04. The SMILES string of the molecule is CC.COC(=O)CCc1c(COc2ccc(C)cc2)[nH]c2ccccc12. The molecule has 1 heterocycles. The molecule has 4 nitrogen and oxygen atoms in total. The van der Waals surface area contributed by atoms with E-state index >= 15 is 0 Å². The van der Waals surface area contributed by atoms with Crippen molar-refractivity contribution >= 4 is 16.9 Å². The second-order valence-electron chi connectivity index (χ2n) is 5.81. The largest absolute Gasteiger partial charge is 0.487 e. The summed E-state index contributed by atoms with van der Waals surface area (Å²) in [4.78, 5) is 14.9. The van der Waals surface area contributed by atoms with Gasteiger partial charge in [-0.3, -0.25) is 4.79 Å². The fourth-order valence-electron chi connectivity index (χ4n) is 2.78. The number of benzene rings is 2. The Labute approximate surface area is 155 Å². The first-order valence-corrected chi connectivity index (χ1v) is 9.02. The van der Waals surface area contributed by atoms with Crippen molar-refractivity contribution < 1.29 is 14.3 Å².